The van der Waals surface area contributed by atoms with Crippen molar-refractivity contribution in [2.45, 2.75) is 6.04 Å². The highest BCUT2D eigenvalue weighted by atomic mass is 79.9. The van der Waals surface area contributed by atoms with E-state index in [1.807, 2.05) is 29.6 Å². The highest BCUT2D eigenvalue weighted by molar-refractivity contribution is 9.10. The van der Waals surface area contributed by atoms with E-state index in [4.69, 9.17) is 10.5 Å². The molecule has 2 N–H and O–H groups in total. The summed E-state index contributed by atoms with van der Waals surface area (Å²) in [7, 11) is 1.66. The lowest BCUT2D eigenvalue weighted by Gasteiger charge is -2.11. The maximum Gasteiger partial charge on any atom is 0.119 e. The lowest BCUT2D eigenvalue weighted by Crippen LogP contribution is -2.10. The number of hydrogen-bond donors (Lipinski definition) is 1. The van der Waals surface area contributed by atoms with Gasteiger partial charge in [-0.05, 0) is 39.7 Å². The highest BCUT2D eigenvalue weighted by Crippen LogP contribution is 2.29. The van der Waals surface area contributed by atoms with Crippen LogP contribution in [0.15, 0.2) is 40.2 Å². The summed E-state index contributed by atoms with van der Waals surface area (Å²) in [4.78, 5) is 1.14. The predicted molar refractivity (Wildman–Crippen MR) is 71.0 cm³/mol. The van der Waals surface area contributed by atoms with Crippen LogP contribution in [-0.4, -0.2) is 7.11 Å². The molecule has 2 aromatic rings. The minimum atomic E-state index is -0.0913. The zero-order valence-electron chi connectivity index (χ0n) is 8.81. The molecule has 2 nitrogen and oxygen atoms in total. The van der Waals surface area contributed by atoms with Gasteiger partial charge in [-0.3, -0.25) is 0 Å². The third kappa shape index (κ3) is 2.45. The lowest BCUT2D eigenvalue weighted by molar-refractivity contribution is 0.414. The fourth-order valence-corrected chi connectivity index (χ4v) is 2.96. The molecule has 1 heterocycles. The second kappa shape index (κ2) is 4.99. The van der Waals surface area contributed by atoms with Crippen LogP contribution in [-0.2, 0) is 0 Å². The van der Waals surface area contributed by atoms with Gasteiger partial charge in [-0.15, -0.1) is 11.3 Å². The van der Waals surface area contributed by atoms with Gasteiger partial charge < -0.3 is 10.5 Å². The summed E-state index contributed by atoms with van der Waals surface area (Å²) in [6.45, 7) is 0. The van der Waals surface area contributed by atoms with Gasteiger partial charge in [-0.2, -0.15) is 0 Å². The van der Waals surface area contributed by atoms with E-state index in [9.17, 15) is 0 Å². The van der Waals surface area contributed by atoms with E-state index in [0.717, 1.165) is 20.7 Å². The Morgan fingerprint density at radius 1 is 1.38 bits per heavy atom. The van der Waals surface area contributed by atoms with Crippen molar-refractivity contribution in [1.82, 2.24) is 0 Å². The fraction of sp³-hybridized carbons (Fsp3) is 0.167. The SMILES string of the molecule is COc1cccc(C(N)c2cc(Br)cs2)c1. The fourth-order valence-electron chi connectivity index (χ4n) is 1.49. The third-order valence-electron chi connectivity index (χ3n) is 2.35. The number of nitrogens with two attached hydrogens (primary N) is 1. The molecule has 0 saturated heterocycles. The maximum absolute atomic E-state index is 6.19. The summed E-state index contributed by atoms with van der Waals surface area (Å²) in [6, 6.07) is 9.82. The molecule has 16 heavy (non-hydrogen) atoms. The number of halogens is 1. The van der Waals surface area contributed by atoms with Crippen molar-refractivity contribution in [3.63, 3.8) is 0 Å². The van der Waals surface area contributed by atoms with Crippen molar-refractivity contribution in [3.8, 4) is 5.75 Å². The Morgan fingerprint density at radius 2 is 2.19 bits per heavy atom. The van der Waals surface area contributed by atoms with Crippen LogP contribution in [0.5, 0.6) is 5.75 Å². The van der Waals surface area contributed by atoms with Gasteiger partial charge in [0.25, 0.3) is 0 Å². The maximum atomic E-state index is 6.19. The molecule has 0 aliphatic rings. The number of thiophene rings is 1. The van der Waals surface area contributed by atoms with Crippen molar-refractivity contribution < 1.29 is 4.74 Å². The zero-order valence-corrected chi connectivity index (χ0v) is 11.2. The smallest absolute Gasteiger partial charge is 0.119 e. The summed E-state index contributed by atoms with van der Waals surface area (Å²) >= 11 is 5.08. The van der Waals surface area contributed by atoms with Crippen molar-refractivity contribution in [2.75, 3.05) is 7.11 Å². The van der Waals surface area contributed by atoms with Crippen molar-refractivity contribution in [1.29, 1.82) is 0 Å². The summed E-state index contributed by atoms with van der Waals surface area (Å²) in [5.74, 6) is 0.837. The summed E-state index contributed by atoms with van der Waals surface area (Å²) < 4.78 is 6.26. The number of rotatable bonds is 3. The van der Waals surface area contributed by atoms with Gasteiger partial charge in [-0.25, -0.2) is 0 Å². The molecule has 1 aromatic carbocycles. The van der Waals surface area contributed by atoms with Gasteiger partial charge in [-0.1, -0.05) is 12.1 Å². The van der Waals surface area contributed by atoms with Gasteiger partial charge in [0.2, 0.25) is 0 Å². The number of benzene rings is 1. The standard InChI is InChI=1S/C12H12BrNOS/c1-15-10-4-2-3-8(5-10)12(14)11-6-9(13)7-16-11/h2-7,12H,14H2,1H3. The van der Waals surface area contributed by atoms with Crippen LogP contribution in [0.2, 0.25) is 0 Å². The molecular formula is C12H12BrNOS. The first-order chi connectivity index (χ1) is 7.70. The lowest BCUT2D eigenvalue weighted by atomic mass is 10.1. The van der Waals surface area contributed by atoms with E-state index in [-0.39, 0.29) is 6.04 Å². The van der Waals surface area contributed by atoms with Crippen LogP contribution in [0.25, 0.3) is 0 Å². The molecule has 4 heteroatoms. The molecule has 1 atom stereocenters. The van der Waals surface area contributed by atoms with Gasteiger partial charge in [0.1, 0.15) is 5.75 Å². The molecule has 0 radical (unpaired) electrons. The molecule has 0 bridgehead atoms. The number of ether oxygens (including phenoxy) is 1. The molecule has 0 aliphatic heterocycles. The Balaban J connectivity index is 2.29. The zero-order chi connectivity index (χ0) is 11.5. The number of hydrogen-bond acceptors (Lipinski definition) is 3. The minimum absolute atomic E-state index is 0.0913. The Labute approximate surface area is 107 Å². The van der Waals surface area contributed by atoms with Crippen LogP contribution in [0, 0.1) is 0 Å². The monoisotopic (exact) mass is 297 g/mol. The first kappa shape index (κ1) is 11.6. The van der Waals surface area contributed by atoms with Crippen LogP contribution in [0.3, 0.4) is 0 Å². The summed E-state index contributed by atoms with van der Waals surface area (Å²) in [6.07, 6.45) is 0. The van der Waals surface area contributed by atoms with E-state index in [1.165, 1.54) is 0 Å². The normalized spacial score (nSPS) is 12.4. The van der Waals surface area contributed by atoms with E-state index in [0.29, 0.717) is 0 Å². The first-order valence-corrected chi connectivity index (χ1v) is 6.51. The van der Waals surface area contributed by atoms with E-state index >= 15 is 0 Å². The van der Waals surface area contributed by atoms with Gasteiger partial charge in [0.15, 0.2) is 0 Å². The Morgan fingerprint density at radius 3 is 2.81 bits per heavy atom. The van der Waals surface area contributed by atoms with E-state index in [2.05, 4.69) is 22.0 Å². The molecule has 1 aromatic heterocycles. The molecule has 2 rings (SSSR count). The summed E-state index contributed by atoms with van der Waals surface area (Å²) in [5.41, 5.74) is 7.25. The van der Waals surface area contributed by atoms with Crippen molar-refractivity contribution in [3.05, 3.63) is 50.6 Å². The van der Waals surface area contributed by atoms with Crippen LogP contribution < -0.4 is 10.5 Å². The van der Waals surface area contributed by atoms with Crippen LogP contribution in [0.1, 0.15) is 16.5 Å². The molecular weight excluding hydrogens is 286 g/mol. The molecule has 0 aliphatic carbocycles. The Kier molecular flexibility index (Phi) is 3.63. The average Bonchev–Trinajstić information content (AvgIpc) is 2.75. The van der Waals surface area contributed by atoms with Crippen molar-refractivity contribution >= 4 is 27.3 Å². The number of methoxy groups -OCH3 is 1. The Hall–Kier alpha value is -0.840. The van der Waals surface area contributed by atoms with Gasteiger partial charge in [0.05, 0.1) is 13.2 Å². The topological polar surface area (TPSA) is 35.2 Å². The summed E-state index contributed by atoms with van der Waals surface area (Å²) in [5, 5.41) is 2.04. The molecule has 0 spiro atoms. The Bertz CT molecular complexity index is 483. The molecule has 1 unspecified atom stereocenters. The van der Waals surface area contributed by atoms with Gasteiger partial charge >= 0.3 is 0 Å². The predicted octanol–water partition coefficient (Wildman–Crippen LogP) is 3.57. The largest absolute Gasteiger partial charge is 0.497 e. The van der Waals surface area contributed by atoms with E-state index in [1.54, 1.807) is 18.4 Å². The molecule has 0 saturated carbocycles. The molecule has 0 amide bonds. The van der Waals surface area contributed by atoms with Gasteiger partial charge in [0, 0.05) is 14.7 Å². The minimum Gasteiger partial charge on any atom is -0.497 e. The van der Waals surface area contributed by atoms with Crippen molar-refractivity contribution in [2.24, 2.45) is 5.73 Å². The second-order valence-corrected chi connectivity index (χ2v) is 5.28. The van der Waals surface area contributed by atoms with E-state index < -0.39 is 0 Å². The third-order valence-corrected chi connectivity index (χ3v) is 4.12. The average molecular weight is 298 g/mol. The quantitative estimate of drug-likeness (QED) is 0.940. The second-order valence-electron chi connectivity index (χ2n) is 3.42. The van der Waals surface area contributed by atoms with Crippen LogP contribution in [0.4, 0.5) is 0 Å². The van der Waals surface area contributed by atoms with Crippen LogP contribution >= 0.6 is 27.3 Å². The molecule has 84 valence electrons. The molecule has 0 fully saturated rings. The first-order valence-electron chi connectivity index (χ1n) is 4.84. The highest BCUT2D eigenvalue weighted by Gasteiger charge is 2.11.